The van der Waals surface area contributed by atoms with E-state index in [1.165, 1.54) is 37.8 Å². The zero-order valence-electron chi connectivity index (χ0n) is 44.8. The Labute approximate surface area is 451 Å². The van der Waals surface area contributed by atoms with Gasteiger partial charge in [0.1, 0.15) is 6.61 Å². The molecule has 7 aromatic rings. The van der Waals surface area contributed by atoms with Gasteiger partial charge in [0.25, 0.3) is 0 Å². The molecule has 1 saturated heterocycles. The maximum absolute atomic E-state index is 12.8. The van der Waals surface area contributed by atoms with Crippen LogP contribution < -0.4 is 24.3 Å². The number of ether oxygens (including phenoxy) is 8. The molecule has 2 aliphatic rings. The van der Waals surface area contributed by atoms with Gasteiger partial charge in [-0.15, -0.1) is 16.4 Å². The van der Waals surface area contributed by atoms with Crippen LogP contribution in [0.25, 0.3) is 43.4 Å². The first kappa shape index (κ1) is 54.7. The van der Waals surface area contributed by atoms with E-state index in [-0.39, 0.29) is 5.91 Å². The number of hydrogen-bond acceptors (Lipinski definition) is 14. The summed E-state index contributed by atoms with van der Waals surface area (Å²) >= 11 is 1.78. The summed E-state index contributed by atoms with van der Waals surface area (Å²) in [5.74, 6) is 3.17. The topological polar surface area (TPSA) is 145 Å². The van der Waals surface area contributed by atoms with E-state index in [9.17, 15) is 4.79 Å². The van der Waals surface area contributed by atoms with Crippen LogP contribution in [-0.2, 0) is 56.3 Å². The van der Waals surface area contributed by atoms with E-state index in [4.69, 9.17) is 37.9 Å². The maximum Gasteiger partial charge on any atom is 0.222 e. The van der Waals surface area contributed by atoms with Crippen LogP contribution in [0.5, 0.6) is 23.0 Å². The van der Waals surface area contributed by atoms with E-state index in [1.54, 1.807) is 25.6 Å². The Morgan fingerprint density at radius 3 is 2.34 bits per heavy atom. The van der Waals surface area contributed by atoms with Crippen molar-refractivity contribution in [2.75, 3.05) is 113 Å². The molecular formula is C59H75N7O9S. The lowest BCUT2D eigenvalue weighted by atomic mass is 9.98. The second-order valence-corrected chi connectivity index (χ2v) is 20.3. The van der Waals surface area contributed by atoms with Crippen molar-refractivity contribution in [2.45, 2.75) is 65.7 Å². The van der Waals surface area contributed by atoms with Crippen LogP contribution in [0.4, 0.5) is 0 Å². The van der Waals surface area contributed by atoms with Crippen molar-refractivity contribution in [3.8, 4) is 44.6 Å². The number of nitrogens with one attached hydrogen (secondary N) is 1. The van der Waals surface area contributed by atoms with E-state index in [2.05, 4.69) is 92.0 Å². The molecule has 0 aliphatic carbocycles. The number of aromatic nitrogens is 4. The maximum atomic E-state index is 12.8. The minimum absolute atomic E-state index is 0.102. The van der Waals surface area contributed by atoms with Crippen LogP contribution >= 0.6 is 11.3 Å². The van der Waals surface area contributed by atoms with Crippen molar-refractivity contribution in [1.29, 1.82) is 0 Å². The number of methoxy groups -OCH3 is 2. The van der Waals surface area contributed by atoms with Gasteiger partial charge in [0, 0.05) is 96.5 Å². The highest BCUT2D eigenvalue weighted by molar-refractivity contribution is 7.13. The fraction of sp³-hybridized carbons (Fsp3) is 0.475. The summed E-state index contributed by atoms with van der Waals surface area (Å²) < 4.78 is 51.4. The first-order chi connectivity index (χ1) is 37.4. The Bertz CT molecular complexity index is 2940. The summed E-state index contributed by atoms with van der Waals surface area (Å²) in [7, 11) is 3.27. The van der Waals surface area contributed by atoms with E-state index < -0.39 is 0 Å². The number of likely N-dealkylation sites (tertiary alicyclic amines) is 1. The summed E-state index contributed by atoms with van der Waals surface area (Å²) in [4.78, 5) is 18.5. The smallest absolute Gasteiger partial charge is 0.222 e. The SMILES string of the molecule is CCC(=O)N1CCOc2c(cc(-c3ccc(OC)c(OC)c3)cc2OC[C@H]2CCCN(CCc3cn(CCOCCOCCOCCOCCNCc4ccc5c(c4)c4ccc(-c6cccs6)cc4n5CC)nn3)C2)C1. The van der Waals surface area contributed by atoms with Gasteiger partial charge in [-0.3, -0.25) is 4.79 Å². The highest BCUT2D eigenvalue weighted by Gasteiger charge is 2.26. The average Bonchev–Trinajstić information content (AvgIpc) is 4.24. The fourth-order valence-electron chi connectivity index (χ4n) is 10.2. The molecule has 76 heavy (non-hydrogen) atoms. The number of hydrogen-bond donors (Lipinski definition) is 1. The van der Waals surface area contributed by atoms with E-state index >= 15 is 0 Å². The number of carbonyl (C=O) groups excluding carboxylic acids is 1. The standard InChI is InChI=1S/C59H75N7O9S/c1-5-58(67)64-21-25-74-59-48(40-64)34-47(45-13-16-54(68-3)55(36-45)69-4)37-56(59)75-42-44-9-7-19-63(39-44)20-17-49-41-65(62-61-49)22-24-71-27-29-73-31-30-72-28-26-70-23-18-60-38-43-11-15-52-51(33-43)50-14-12-46(57-10-8-32-76-57)35-53(50)66(52)6-2/h8,10-16,32-37,41,44,60H,5-7,9,17-31,38-40,42H2,1-4H3/t44-/m0/s1. The van der Waals surface area contributed by atoms with Crippen molar-refractivity contribution in [3.63, 3.8) is 0 Å². The Hall–Kier alpha value is -6.05. The van der Waals surface area contributed by atoms with Crippen LogP contribution in [0.2, 0.25) is 0 Å². The Morgan fingerprint density at radius 2 is 1.57 bits per heavy atom. The molecule has 1 N–H and O–H groups in total. The molecular weight excluding hydrogens is 983 g/mol. The lowest BCUT2D eigenvalue weighted by Crippen LogP contribution is -2.38. The summed E-state index contributed by atoms with van der Waals surface area (Å²) in [5, 5.41) is 17.1. The summed E-state index contributed by atoms with van der Waals surface area (Å²) in [5.41, 5.74) is 8.92. The van der Waals surface area contributed by atoms with Gasteiger partial charge in [-0.05, 0) is 102 Å². The molecule has 1 fully saturated rings. The number of nitrogens with zero attached hydrogens (tertiary/aromatic N) is 6. The molecule has 2 aliphatic heterocycles. The third-order valence-electron chi connectivity index (χ3n) is 14.2. The molecule has 0 bridgehead atoms. The van der Waals surface area contributed by atoms with Gasteiger partial charge in [-0.2, -0.15) is 0 Å². The third kappa shape index (κ3) is 14.3. The summed E-state index contributed by atoms with van der Waals surface area (Å²) in [6.45, 7) is 16.3. The second kappa shape index (κ2) is 27.8. The Balaban J connectivity index is 0.612. The van der Waals surface area contributed by atoms with E-state index in [0.717, 1.165) is 80.9 Å². The second-order valence-electron chi connectivity index (χ2n) is 19.3. The molecule has 0 radical (unpaired) electrons. The quantitative estimate of drug-likeness (QED) is 0.0446. The van der Waals surface area contributed by atoms with Gasteiger partial charge >= 0.3 is 0 Å². The van der Waals surface area contributed by atoms with Gasteiger partial charge in [0.2, 0.25) is 5.91 Å². The highest BCUT2D eigenvalue weighted by Crippen LogP contribution is 2.41. The molecule has 0 unspecified atom stereocenters. The van der Waals surface area contributed by atoms with Gasteiger partial charge in [-0.25, -0.2) is 4.68 Å². The molecule has 0 spiro atoms. The average molecular weight is 1060 g/mol. The lowest BCUT2D eigenvalue weighted by Gasteiger charge is -2.32. The number of benzene rings is 4. The number of fused-ring (bicyclic) bond motifs is 4. The van der Waals surface area contributed by atoms with Crippen LogP contribution in [0.3, 0.4) is 0 Å². The van der Waals surface area contributed by atoms with Gasteiger partial charge in [0.15, 0.2) is 23.0 Å². The number of thiophene rings is 1. The fourth-order valence-corrected chi connectivity index (χ4v) is 11.0. The van der Waals surface area contributed by atoms with Gasteiger partial charge < -0.3 is 57.6 Å². The van der Waals surface area contributed by atoms with Crippen LogP contribution in [0.15, 0.2) is 90.4 Å². The molecule has 1 atom stereocenters. The Morgan fingerprint density at radius 1 is 0.776 bits per heavy atom. The Kier molecular flexibility index (Phi) is 20.0. The predicted octanol–water partition coefficient (Wildman–Crippen LogP) is 9.14. The number of rotatable bonds is 29. The van der Waals surface area contributed by atoms with Crippen LogP contribution in [-0.4, -0.2) is 148 Å². The van der Waals surface area contributed by atoms with Crippen molar-refractivity contribution in [2.24, 2.45) is 5.92 Å². The third-order valence-corrected chi connectivity index (χ3v) is 15.1. The van der Waals surface area contributed by atoms with Crippen LogP contribution in [0, 0.1) is 5.92 Å². The first-order valence-corrected chi connectivity index (χ1v) is 27.9. The van der Waals surface area contributed by atoms with Crippen molar-refractivity contribution >= 4 is 39.0 Å². The molecule has 0 saturated carbocycles. The highest BCUT2D eigenvalue weighted by atomic mass is 32.1. The minimum Gasteiger partial charge on any atom is -0.493 e. The normalized spacial score (nSPS) is 15.0. The lowest BCUT2D eigenvalue weighted by molar-refractivity contribution is -0.131. The largest absolute Gasteiger partial charge is 0.493 e. The number of amides is 1. The predicted molar refractivity (Wildman–Crippen MR) is 298 cm³/mol. The first-order valence-electron chi connectivity index (χ1n) is 27.1. The number of aryl methyl sites for hydroxylation is 1. The molecule has 5 heterocycles. The van der Waals surface area contributed by atoms with Crippen molar-refractivity contribution in [3.05, 3.63) is 107 Å². The molecule has 9 rings (SSSR count). The summed E-state index contributed by atoms with van der Waals surface area (Å²) in [6.07, 6.45) is 5.46. The van der Waals surface area contributed by atoms with Gasteiger partial charge in [-0.1, -0.05) is 42.5 Å². The van der Waals surface area contributed by atoms with Crippen molar-refractivity contribution < 1.29 is 42.7 Å². The molecule has 16 nitrogen and oxygen atoms in total. The zero-order chi connectivity index (χ0) is 52.5. The zero-order valence-corrected chi connectivity index (χ0v) is 45.6. The number of carbonyl (C=O) groups is 1. The van der Waals surface area contributed by atoms with E-state index in [1.807, 2.05) is 47.0 Å². The molecule has 4 aromatic carbocycles. The molecule has 406 valence electrons. The number of piperidine rings is 1. The van der Waals surface area contributed by atoms with Crippen LogP contribution in [0.1, 0.15) is 49.9 Å². The minimum atomic E-state index is 0.102. The molecule has 3 aromatic heterocycles. The molecule has 17 heteroatoms. The monoisotopic (exact) mass is 1060 g/mol. The van der Waals surface area contributed by atoms with E-state index in [0.29, 0.717) is 121 Å². The molecule has 1 amide bonds. The summed E-state index contributed by atoms with van der Waals surface area (Å²) in [6, 6.07) is 28.0. The van der Waals surface area contributed by atoms with Gasteiger partial charge in [0.05, 0.1) is 92.5 Å². The van der Waals surface area contributed by atoms with Crippen molar-refractivity contribution in [1.82, 2.24) is 34.7 Å².